The summed E-state index contributed by atoms with van der Waals surface area (Å²) in [5, 5.41) is 3.50. The summed E-state index contributed by atoms with van der Waals surface area (Å²) in [6, 6.07) is 0.698. The number of nitrogens with zero attached hydrogens (tertiary/aromatic N) is 1. The molecule has 1 saturated heterocycles. The molecule has 0 spiro atoms. The van der Waals surface area contributed by atoms with Crippen LogP contribution in [0, 0.1) is 5.92 Å². The molecule has 1 aliphatic rings. The van der Waals surface area contributed by atoms with Gasteiger partial charge >= 0.3 is 0 Å². The lowest BCUT2D eigenvalue weighted by Crippen LogP contribution is -2.54. The summed E-state index contributed by atoms with van der Waals surface area (Å²) in [5.41, 5.74) is 0. The number of hydrogen-bond donors (Lipinski definition) is 1. The second kappa shape index (κ2) is 8.04. The smallest absolute Gasteiger partial charge is 0.0593 e. The predicted octanol–water partition coefficient (Wildman–Crippen LogP) is 1.73. The van der Waals surface area contributed by atoms with Gasteiger partial charge in [-0.05, 0) is 12.3 Å². The Kier molecular flexibility index (Phi) is 7.01. The molecule has 1 fully saturated rings. The molecule has 2 atom stereocenters. The van der Waals surface area contributed by atoms with Gasteiger partial charge in [-0.15, -0.1) is 0 Å². The van der Waals surface area contributed by atoms with E-state index in [2.05, 4.69) is 31.0 Å². The van der Waals surface area contributed by atoms with Crippen molar-refractivity contribution in [3.8, 4) is 0 Å². The van der Waals surface area contributed by atoms with Crippen LogP contribution in [0.25, 0.3) is 0 Å². The highest BCUT2D eigenvalue weighted by atomic mass is 16.5. The van der Waals surface area contributed by atoms with Gasteiger partial charge in [-0.3, -0.25) is 4.90 Å². The molecule has 0 amide bonds. The van der Waals surface area contributed by atoms with Crippen molar-refractivity contribution >= 4 is 0 Å². The molecule has 96 valence electrons. The van der Waals surface area contributed by atoms with E-state index in [9.17, 15) is 0 Å². The van der Waals surface area contributed by atoms with Crippen LogP contribution >= 0.6 is 0 Å². The first-order valence-corrected chi connectivity index (χ1v) is 6.82. The molecule has 0 radical (unpaired) electrons. The molecule has 1 rings (SSSR count). The largest absolute Gasteiger partial charge is 0.380 e. The van der Waals surface area contributed by atoms with E-state index in [4.69, 9.17) is 4.74 Å². The summed E-state index contributed by atoms with van der Waals surface area (Å²) in [4.78, 5) is 2.60. The van der Waals surface area contributed by atoms with Gasteiger partial charge in [-0.2, -0.15) is 0 Å². The van der Waals surface area contributed by atoms with Gasteiger partial charge in [0.2, 0.25) is 0 Å². The van der Waals surface area contributed by atoms with Gasteiger partial charge < -0.3 is 10.1 Å². The zero-order valence-corrected chi connectivity index (χ0v) is 11.2. The van der Waals surface area contributed by atoms with E-state index >= 15 is 0 Å². The maximum absolute atomic E-state index is 5.59. The van der Waals surface area contributed by atoms with Crippen LogP contribution in [0.15, 0.2) is 0 Å². The van der Waals surface area contributed by atoms with Gasteiger partial charge in [0.1, 0.15) is 0 Å². The Morgan fingerprint density at radius 3 is 2.88 bits per heavy atom. The highest BCUT2D eigenvalue weighted by Gasteiger charge is 2.25. The average molecular weight is 228 g/mol. The Bertz CT molecular complexity index is 175. The SMILES string of the molecule is CCCOCCN1CCNCC1C(C)CC. The monoisotopic (exact) mass is 228 g/mol. The Balaban J connectivity index is 2.29. The lowest BCUT2D eigenvalue weighted by atomic mass is 9.96. The van der Waals surface area contributed by atoms with Crippen molar-refractivity contribution in [2.24, 2.45) is 5.92 Å². The van der Waals surface area contributed by atoms with Gasteiger partial charge in [0.15, 0.2) is 0 Å². The topological polar surface area (TPSA) is 24.5 Å². The number of ether oxygens (including phenoxy) is 1. The van der Waals surface area contributed by atoms with Crippen LogP contribution in [0.2, 0.25) is 0 Å². The Morgan fingerprint density at radius 1 is 1.38 bits per heavy atom. The molecule has 2 unspecified atom stereocenters. The second-order valence-corrected chi connectivity index (χ2v) is 4.81. The van der Waals surface area contributed by atoms with Gasteiger partial charge in [0.25, 0.3) is 0 Å². The van der Waals surface area contributed by atoms with E-state index in [1.165, 1.54) is 13.0 Å². The quantitative estimate of drug-likeness (QED) is 0.672. The minimum absolute atomic E-state index is 0.698. The van der Waals surface area contributed by atoms with Crippen LogP contribution in [0.5, 0.6) is 0 Å². The number of hydrogen-bond acceptors (Lipinski definition) is 3. The summed E-state index contributed by atoms with van der Waals surface area (Å²) < 4.78 is 5.59. The summed E-state index contributed by atoms with van der Waals surface area (Å²) in [6.45, 7) is 13.1. The Labute approximate surface area is 101 Å². The van der Waals surface area contributed by atoms with Crippen molar-refractivity contribution in [3.05, 3.63) is 0 Å². The predicted molar refractivity (Wildman–Crippen MR) is 68.8 cm³/mol. The van der Waals surface area contributed by atoms with E-state index in [0.29, 0.717) is 6.04 Å². The van der Waals surface area contributed by atoms with Crippen LogP contribution in [-0.4, -0.2) is 50.3 Å². The minimum atomic E-state index is 0.698. The van der Waals surface area contributed by atoms with Gasteiger partial charge in [-0.25, -0.2) is 0 Å². The molecule has 16 heavy (non-hydrogen) atoms. The zero-order chi connectivity index (χ0) is 11.8. The number of piperazine rings is 1. The average Bonchev–Trinajstić information content (AvgIpc) is 2.34. The molecule has 1 N–H and O–H groups in total. The number of nitrogens with one attached hydrogen (secondary N) is 1. The van der Waals surface area contributed by atoms with Crippen LogP contribution in [0.3, 0.4) is 0 Å². The molecular weight excluding hydrogens is 200 g/mol. The lowest BCUT2D eigenvalue weighted by Gasteiger charge is -2.39. The molecule has 0 aromatic rings. The van der Waals surface area contributed by atoms with Crippen molar-refractivity contribution in [3.63, 3.8) is 0 Å². The molecule has 0 saturated carbocycles. The molecule has 0 aromatic carbocycles. The van der Waals surface area contributed by atoms with E-state index in [0.717, 1.165) is 45.2 Å². The van der Waals surface area contributed by atoms with Crippen LogP contribution in [0.4, 0.5) is 0 Å². The summed E-state index contributed by atoms with van der Waals surface area (Å²) in [5.74, 6) is 0.777. The van der Waals surface area contributed by atoms with Crippen molar-refractivity contribution in [1.82, 2.24) is 10.2 Å². The highest BCUT2D eigenvalue weighted by Crippen LogP contribution is 2.15. The van der Waals surface area contributed by atoms with Crippen LogP contribution < -0.4 is 5.32 Å². The lowest BCUT2D eigenvalue weighted by molar-refractivity contribution is 0.0598. The third-order valence-corrected chi connectivity index (χ3v) is 3.57. The third-order valence-electron chi connectivity index (χ3n) is 3.57. The molecule has 3 heteroatoms. The molecule has 1 heterocycles. The second-order valence-electron chi connectivity index (χ2n) is 4.81. The van der Waals surface area contributed by atoms with Gasteiger partial charge in [0, 0.05) is 38.8 Å². The normalized spacial score (nSPS) is 24.6. The van der Waals surface area contributed by atoms with E-state index < -0.39 is 0 Å². The summed E-state index contributed by atoms with van der Waals surface area (Å²) >= 11 is 0. The standard InChI is InChI=1S/C13H28N2O/c1-4-9-16-10-8-15-7-6-14-11-13(15)12(3)5-2/h12-14H,4-11H2,1-3H3. The Hall–Kier alpha value is -0.120. The third kappa shape index (κ3) is 4.40. The maximum atomic E-state index is 5.59. The first kappa shape index (κ1) is 13.9. The van der Waals surface area contributed by atoms with Crippen LogP contribution in [-0.2, 0) is 4.74 Å². The number of rotatable bonds is 7. The molecule has 1 aliphatic heterocycles. The fourth-order valence-corrected chi connectivity index (χ4v) is 2.31. The van der Waals surface area contributed by atoms with Crippen molar-refractivity contribution < 1.29 is 4.74 Å². The minimum Gasteiger partial charge on any atom is -0.380 e. The van der Waals surface area contributed by atoms with Crippen molar-refractivity contribution in [2.45, 2.75) is 39.7 Å². The molecule has 0 aromatic heterocycles. The van der Waals surface area contributed by atoms with Crippen molar-refractivity contribution in [2.75, 3.05) is 39.4 Å². The fourth-order valence-electron chi connectivity index (χ4n) is 2.31. The van der Waals surface area contributed by atoms with E-state index in [1.54, 1.807) is 0 Å². The first-order chi connectivity index (χ1) is 7.79. The molecular formula is C13H28N2O. The van der Waals surface area contributed by atoms with Gasteiger partial charge in [-0.1, -0.05) is 27.2 Å². The Morgan fingerprint density at radius 2 is 2.19 bits per heavy atom. The van der Waals surface area contributed by atoms with E-state index in [-0.39, 0.29) is 0 Å². The molecule has 3 nitrogen and oxygen atoms in total. The first-order valence-electron chi connectivity index (χ1n) is 6.82. The van der Waals surface area contributed by atoms with E-state index in [1.807, 2.05) is 0 Å². The summed E-state index contributed by atoms with van der Waals surface area (Å²) in [7, 11) is 0. The maximum Gasteiger partial charge on any atom is 0.0593 e. The summed E-state index contributed by atoms with van der Waals surface area (Å²) in [6.07, 6.45) is 2.38. The van der Waals surface area contributed by atoms with Gasteiger partial charge in [0.05, 0.1) is 6.61 Å². The zero-order valence-electron chi connectivity index (χ0n) is 11.2. The van der Waals surface area contributed by atoms with Crippen LogP contribution in [0.1, 0.15) is 33.6 Å². The fraction of sp³-hybridized carbons (Fsp3) is 1.00. The van der Waals surface area contributed by atoms with Crippen molar-refractivity contribution in [1.29, 1.82) is 0 Å². The molecule has 0 bridgehead atoms. The molecule has 0 aliphatic carbocycles. The highest BCUT2D eigenvalue weighted by molar-refractivity contribution is 4.83.